The Labute approximate surface area is 116 Å². The molecule has 7 heteroatoms. The highest BCUT2D eigenvalue weighted by Gasteiger charge is 2.21. The Morgan fingerprint density at radius 2 is 1.90 bits per heavy atom. The summed E-state index contributed by atoms with van der Waals surface area (Å²) < 4.78 is 14.9. The summed E-state index contributed by atoms with van der Waals surface area (Å²) in [4.78, 5) is 21.8. The van der Waals surface area contributed by atoms with E-state index in [0.29, 0.717) is 31.3 Å². The largest absolute Gasteiger partial charge is 0.464 e. The Balaban J connectivity index is 1.52. The van der Waals surface area contributed by atoms with Gasteiger partial charge in [-0.1, -0.05) is 12.1 Å². The molecule has 0 bridgehead atoms. The maximum atomic E-state index is 11.0. The molecule has 1 aromatic rings. The molecule has 7 nitrogen and oxygen atoms in total. The smallest absolute Gasteiger partial charge is 0.332 e. The van der Waals surface area contributed by atoms with Gasteiger partial charge in [-0.3, -0.25) is 0 Å². The van der Waals surface area contributed by atoms with Crippen molar-refractivity contribution in [2.45, 2.75) is 6.92 Å². The molecule has 0 unspecified atom stereocenters. The number of ether oxygens (including phenoxy) is 3. The summed E-state index contributed by atoms with van der Waals surface area (Å²) in [7, 11) is 0. The Morgan fingerprint density at radius 3 is 2.55 bits per heavy atom. The van der Waals surface area contributed by atoms with Crippen LogP contribution in [-0.2, 0) is 19.0 Å². The second kappa shape index (κ2) is 7.68. The van der Waals surface area contributed by atoms with Gasteiger partial charge in [-0.15, -0.1) is 0 Å². The predicted octanol–water partition coefficient (Wildman–Crippen LogP) is 1.14. The minimum absolute atomic E-state index is 0.0135. The zero-order chi connectivity index (χ0) is 14.2. The van der Waals surface area contributed by atoms with Crippen LogP contribution in [0.3, 0.4) is 0 Å². The third kappa shape index (κ3) is 4.37. The molecule has 1 aliphatic heterocycles. The van der Waals surface area contributed by atoms with E-state index in [1.807, 2.05) is 24.3 Å². The first kappa shape index (κ1) is 14.6. The van der Waals surface area contributed by atoms with Gasteiger partial charge in [0, 0.05) is 5.23 Å². The molecule has 0 spiro atoms. The van der Waals surface area contributed by atoms with Crippen molar-refractivity contribution in [2.75, 3.05) is 33.2 Å². The number of nitrogens with zero attached hydrogens (tertiary/aromatic N) is 1. The number of fused-ring (bicyclic) bond motifs is 1. The Morgan fingerprint density at radius 1 is 1.20 bits per heavy atom. The third-order valence-electron chi connectivity index (χ3n) is 2.36. The molecule has 0 N–H and O–H groups in total. The van der Waals surface area contributed by atoms with E-state index in [1.165, 1.54) is 5.23 Å². The van der Waals surface area contributed by atoms with Crippen LogP contribution in [-0.4, -0.2) is 44.4 Å². The lowest BCUT2D eigenvalue weighted by Crippen LogP contribution is -2.30. The molecule has 0 saturated carbocycles. The quantitative estimate of drug-likeness (QED) is 0.402. The summed E-state index contributed by atoms with van der Waals surface area (Å²) in [6.07, 6.45) is 0. The lowest BCUT2D eigenvalue weighted by atomic mass is 10.3. The van der Waals surface area contributed by atoms with Gasteiger partial charge in [0.25, 0.3) is 0 Å². The number of hydrogen-bond donors (Lipinski definition) is 0. The normalized spacial score (nSPS) is 13.4. The van der Waals surface area contributed by atoms with E-state index in [9.17, 15) is 4.79 Å². The highest BCUT2D eigenvalue weighted by Crippen LogP contribution is 2.32. The van der Waals surface area contributed by atoms with Crippen LogP contribution in [0, 0.1) is 0 Å². The maximum absolute atomic E-state index is 11.0. The fraction of sp³-hybridized carbons (Fsp3) is 0.462. The zero-order valence-electron chi connectivity index (χ0n) is 11.2. The Hall–Kier alpha value is -1.83. The molecule has 2 rings (SSSR count). The number of esters is 1. The average molecular weight is 283 g/mol. The van der Waals surface area contributed by atoms with Gasteiger partial charge in [-0.05, 0) is 19.1 Å². The molecule has 0 aromatic heterocycles. The van der Waals surface area contributed by atoms with Crippen molar-refractivity contribution in [2.24, 2.45) is 0 Å². The van der Waals surface area contributed by atoms with Crippen molar-refractivity contribution in [3.05, 3.63) is 24.3 Å². The first-order valence-corrected chi connectivity index (χ1v) is 6.33. The molecule has 1 aromatic carbocycles. The number of benzene rings is 1. The molecule has 110 valence electrons. The lowest BCUT2D eigenvalue weighted by Gasteiger charge is -2.12. The zero-order valence-corrected chi connectivity index (χ0v) is 11.2. The van der Waals surface area contributed by atoms with Gasteiger partial charge in [-0.2, -0.15) is 0 Å². The molecule has 1 aliphatic rings. The number of carbonyl (C=O) groups excluding carboxylic acids is 1. The van der Waals surface area contributed by atoms with Gasteiger partial charge in [0.2, 0.25) is 0 Å². The van der Waals surface area contributed by atoms with Crippen LogP contribution in [0.5, 0.6) is 11.5 Å². The summed E-state index contributed by atoms with van der Waals surface area (Å²) in [6, 6.07) is 7.37. The van der Waals surface area contributed by atoms with Crippen LogP contribution in [0.25, 0.3) is 0 Å². The van der Waals surface area contributed by atoms with E-state index in [2.05, 4.69) is 0 Å². The van der Waals surface area contributed by atoms with Crippen molar-refractivity contribution >= 4 is 5.97 Å². The molecule has 0 aliphatic carbocycles. The number of hydroxylamine groups is 2. The van der Waals surface area contributed by atoms with Crippen molar-refractivity contribution < 1.29 is 28.7 Å². The Bertz CT molecular complexity index is 414. The van der Waals surface area contributed by atoms with Crippen LogP contribution < -0.4 is 9.68 Å². The van der Waals surface area contributed by atoms with E-state index >= 15 is 0 Å². The van der Waals surface area contributed by atoms with Crippen LogP contribution in [0.15, 0.2) is 24.3 Å². The van der Waals surface area contributed by atoms with Gasteiger partial charge in [0.05, 0.1) is 19.8 Å². The van der Waals surface area contributed by atoms with Gasteiger partial charge >= 0.3 is 5.97 Å². The molecule has 0 radical (unpaired) electrons. The number of rotatable bonds is 8. The minimum atomic E-state index is -0.405. The molecule has 20 heavy (non-hydrogen) atoms. The van der Waals surface area contributed by atoms with E-state index in [-0.39, 0.29) is 13.4 Å². The first-order chi connectivity index (χ1) is 9.79. The number of para-hydroxylation sites is 2. The average Bonchev–Trinajstić information content (AvgIpc) is 2.85. The maximum Gasteiger partial charge on any atom is 0.332 e. The lowest BCUT2D eigenvalue weighted by molar-refractivity contribution is -0.234. The fourth-order valence-corrected chi connectivity index (χ4v) is 1.51. The van der Waals surface area contributed by atoms with E-state index in [4.69, 9.17) is 23.9 Å². The van der Waals surface area contributed by atoms with Gasteiger partial charge < -0.3 is 23.9 Å². The van der Waals surface area contributed by atoms with Crippen molar-refractivity contribution in [3.8, 4) is 11.5 Å². The molecule has 0 fully saturated rings. The summed E-state index contributed by atoms with van der Waals surface area (Å²) >= 11 is 0. The summed E-state index contributed by atoms with van der Waals surface area (Å²) in [5.74, 6) is 0.940. The highest BCUT2D eigenvalue weighted by molar-refractivity contribution is 5.70. The highest BCUT2D eigenvalue weighted by atomic mass is 17.0. The monoisotopic (exact) mass is 283 g/mol. The second-order valence-electron chi connectivity index (χ2n) is 3.87. The molecular formula is C13H17NO6. The topological polar surface area (TPSA) is 66.5 Å². The van der Waals surface area contributed by atoms with Crippen molar-refractivity contribution in [1.29, 1.82) is 0 Å². The van der Waals surface area contributed by atoms with Crippen LogP contribution in [0.4, 0.5) is 0 Å². The van der Waals surface area contributed by atoms with E-state index in [1.54, 1.807) is 6.92 Å². The molecule has 0 saturated heterocycles. The Kier molecular flexibility index (Phi) is 5.60. The first-order valence-electron chi connectivity index (χ1n) is 6.33. The third-order valence-corrected chi connectivity index (χ3v) is 2.36. The minimum Gasteiger partial charge on any atom is -0.464 e. The van der Waals surface area contributed by atoms with Crippen molar-refractivity contribution in [1.82, 2.24) is 5.23 Å². The van der Waals surface area contributed by atoms with Crippen LogP contribution in [0.1, 0.15) is 6.92 Å². The van der Waals surface area contributed by atoms with Gasteiger partial charge in [0.15, 0.2) is 11.5 Å². The summed E-state index contributed by atoms with van der Waals surface area (Å²) in [5, 5.41) is 1.33. The van der Waals surface area contributed by atoms with Crippen LogP contribution in [0.2, 0.25) is 0 Å². The van der Waals surface area contributed by atoms with Crippen molar-refractivity contribution in [3.63, 3.8) is 0 Å². The van der Waals surface area contributed by atoms with E-state index < -0.39 is 5.97 Å². The molecule has 1 heterocycles. The number of carbonyl (C=O) groups is 1. The summed E-state index contributed by atoms with van der Waals surface area (Å²) in [5.41, 5.74) is 0. The van der Waals surface area contributed by atoms with Gasteiger partial charge in [0.1, 0.15) is 13.4 Å². The number of hydrogen-bond acceptors (Lipinski definition) is 7. The van der Waals surface area contributed by atoms with E-state index in [0.717, 1.165) is 0 Å². The fourth-order valence-electron chi connectivity index (χ4n) is 1.51. The molecular weight excluding hydrogens is 266 g/mol. The standard InChI is InChI=1S/C13H17NO6/c1-2-18-13(15)9-17-10-16-8-7-14-19-11-5-3-4-6-12(11)20-14/h3-6H,2,7-10H2,1H3. The molecule has 0 amide bonds. The predicted molar refractivity (Wildman–Crippen MR) is 67.8 cm³/mol. The second-order valence-corrected chi connectivity index (χ2v) is 3.87. The van der Waals surface area contributed by atoms with Crippen LogP contribution >= 0.6 is 0 Å². The summed E-state index contributed by atoms with van der Waals surface area (Å²) in [6.45, 7) is 2.74. The van der Waals surface area contributed by atoms with Gasteiger partial charge in [-0.25, -0.2) is 4.79 Å². The molecule has 0 atom stereocenters. The SMILES string of the molecule is CCOC(=O)COCOCCN1Oc2ccccc2O1.